The second-order valence-corrected chi connectivity index (χ2v) is 3.67. The van der Waals surface area contributed by atoms with Crippen molar-refractivity contribution in [3.63, 3.8) is 0 Å². The summed E-state index contributed by atoms with van der Waals surface area (Å²) in [5.74, 6) is 0.426. The molecule has 0 aliphatic carbocycles. The molecule has 0 fully saturated rings. The van der Waals surface area contributed by atoms with Gasteiger partial charge in [0, 0.05) is 0 Å². The SMILES string of the molecule is NC(=Nc1ccccc1)C(N)=Nc1ccccc1. The molecular formula is C14H14N4. The Kier molecular flexibility index (Phi) is 3.71. The third-order valence-corrected chi connectivity index (χ3v) is 2.27. The van der Waals surface area contributed by atoms with Crippen molar-refractivity contribution >= 4 is 23.0 Å². The maximum Gasteiger partial charge on any atom is 0.166 e. The summed E-state index contributed by atoms with van der Waals surface area (Å²) in [7, 11) is 0. The van der Waals surface area contributed by atoms with Crippen LogP contribution in [0, 0.1) is 0 Å². The standard InChI is InChI=1S/C14H14N4/c15-13(17-11-7-3-1-4-8-11)14(16)18-12-9-5-2-6-10-12/h1-10H,(H2,15,17)(H2,16,18). The minimum absolute atomic E-state index is 0.213. The normalized spacial score (nSPS) is 12.4. The Bertz CT molecular complexity index is 505. The summed E-state index contributed by atoms with van der Waals surface area (Å²) in [6, 6.07) is 18.8. The molecule has 2 aromatic rings. The highest BCUT2D eigenvalue weighted by Gasteiger charge is 1.99. The van der Waals surface area contributed by atoms with Crippen LogP contribution in [0.4, 0.5) is 11.4 Å². The quantitative estimate of drug-likeness (QED) is 0.622. The van der Waals surface area contributed by atoms with Gasteiger partial charge in [-0.15, -0.1) is 0 Å². The number of amidine groups is 2. The van der Waals surface area contributed by atoms with E-state index in [1.165, 1.54) is 0 Å². The minimum Gasteiger partial charge on any atom is -0.381 e. The molecule has 4 heteroatoms. The number of aliphatic imine (C=N–C) groups is 2. The van der Waals surface area contributed by atoms with Gasteiger partial charge in [0.2, 0.25) is 0 Å². The molecule has 0 unspecified atom stereocenters. The van der Waals surface area contributed by atoms with Crippen LogP contribution in [0.2, 0.25) is 0 Å². The Morgan fingerprint density at radius 1 is 0.611 bits per heavy atom. The van der Waals surface area contributed by atoms with Gasteiger partial charge in [0.15, 0.2) is 11.7 Å². The van der Waals surface area contributed by atoms with Gasteiger partial charge in [-0.3, -0.25) is 0 Å². The average molecular weight is 238 g/mol. The molecule has 18 heavy (non-hydrogen) atoms. The van der Waals surface area contributed by atoms with Crippen LogP contribution in [0.25, 0.3) is 0 Å². The molecule has 2 aromatic carbocycles. The van der Waals surface area contributed by atoms with Gasteiger partial charge in [0.05, 0.1) is 11.4 Å². The van der Waals surface area contributed by atoms with Crippen LogP contribution in [0.3, 0.4) is 0 Å². The Morgan fingerprint density at radius 3 is 1.28 bits per heavy atom. The largest absolute Gasteiger partial charge is 0.381 e. The van der Waals surface area contributed by atoms with Crippen molar-refractivity contribution in [2.45, 2.75) is 0 Å². The monoisotopic (exact) mass is 238 g/mol. The number of benzene rings is 2. The van der Waals surface area contributed by atoms with E-state index in [9.17, 15) is 0 Å². The number of nitrogens with two attached hydrogens (primary N) is 2. The van der Waals surface area contributed by atoms with E-state index >= 15 is 0 Å². The summed E-state index contributed by atoms with van der Waals surface area (Å²) in [6.45, 7) is 0. The maximum atomic E-state index is 5.79. The molecule has 0 amide bonds. The highest BCUT2D eigenvalue weighted by Crippen LogP contribution is 2.11. The number of nitrogens with zero attached hydrogens (tertiary/aromatic N) is 2. The number of rotatable bonds is 2. The molecular weight excluding hydrogens is 224 g/mol. The highest BCUT2D eigenvalue weighted by atomic mass is 15.0. The first-order valence-corrected chi connectivity index (χ1v) is 5.54. The predicted octanol–water partition coefficient (Wildman–Crippen LogP) is 2.36. The van der Waals surface area contributed by atoms with Crippen molar-refractivity contribution in [3.05, 3.63) is 60.7 Å². The average Bonchev–Trinajstić information content (AvgIpc) is 2.41. The molecule has 4 N–H and O–H groups in total. The van der Waals surface area contributed by atoms with Gasteiger partial charge in [-0.25, -0.2) is 9.98 Å². The van der Waals surface area contributed by atoms with Gasteiger partial charge in [-0.05, 0) is 24.3 Å². The number of hydrogen-bond donors (Lipinski definition) is 2. The Morgan fingerprint density at radius 2 is 0.944 bits per heavy atom. The van der Waals surface area contributed by atoms with E-state index < -0.39 is 0 Å². The van der Waals surface area contributed by atoms with Crippen LogP contribution >= 0.6 is 0 Å². The fourth-order valence-corrected chi connectivity index (χ4v) is 1.40. The first-order chi connectivity index (χ1) is 8.75. The molecule has 4 nitrogen and oxygen atoms in total. The summed E-state index contributed by atoms with van der Waals surface area (Å²) >= 11 is 0. The topological polar surface area (TPSA) is 76.8 Å². The van der Waals surface area contributed by atoms with E-state index in [-0.39, 0.29) is 11.7 Å². The molecule has 0 saturated carbocycles. The Labute approximate surface area is 106 Å². The molecule has 0 aliphatic heterocycles. The first-order valence-electron chi connectivity index (χ1n) is 5.54. The molecule has 0 saturated heterocycles. The van der Waals surface area contributed by atoms with Crippen LogP contribution in [-0.4, -0.2) is 11.7 Å². The fraction of sp³-hybridized carbons (Fsp3) is 0. The third-order valence-electron chi connectivity index (χ3n) is 2.27. The van der Waals surface area contributed by atoms with Gasteiger partial charge in [-0.1, -0.05) is 36.4 Å². The lowest BCUT2D eigenvalue weighted by Gasteiger charge is -2.00. The lowest BCUT2D eigenvalue weighted by Crippen LogP contribution is -2.30. The van der Waals surface area contributed by atoms with Crippen molar-refractivity contribution in [1.82, 2.24) is 0 Å². The van der Waals surface area contributed by atoms with Crippen LogP contribution in [0.1, 0.15) is 0 Å². The molecule has 0 heterocycles. The molecule has 0 aromatic heterocycles. The molecule has 2 rings (SSSR count). The zero-order valence-electron chi connectivity index (χ0n) is 9.82. The van der Waals surface area contributed by atoms with Crippen molar-refractivity contribution < 1.29 is 0 Å². The molecule has 0 aliphatic rings. The molecule has 0 atom stereocenters. The summed E-state index contributed by atoms with van der Waals surface area (Å²) in [5.41, 5.74) is 13.1. The lowest BCUT2D eigenvalue weighted by molar-refractivity contribution is 1.45. The van der Waals surface area contributed by atoms with E-state index in [1.807, 2.05) is 60.7 Å². The van der Waals surface area contributed by atoms with Crippen LogP contribution in [0.15, 0.2) is 70.6 Å². The second kappa shape index (κ2) is 5.63. The molecule has 0 spiro atoms. The van der Waals surface area contributed by atoms with Crippen LogP contribution < -0.4 is 11.5 Å². The molecule has 90 valence electrons. The number of hydrogen-bond acceptors (Lipinski definition) is 2. The second-order valence-electron chi connectivity index (χ2n) is 3.67. The molecule has 0 bridgehead atoms. The van der Waals surface area contributed by atoms with Crippen molar-refractivity contribution in [2.75, 3.05) is 0 Å². The number of para-hydroxylation sites is 2. The van der Waals surface area contributed by atoms with Gasteiger partial charge >= 0.3 is 0 Å². The Hall–Kier alpha value is -2.62. The molecule has 0 radical (unpaired) electrons. The summed E-state index contributed by atoms with van der Waals surface area (Å²) in [4.78, 5) is 8.39. The predicted molar refractivity (Wildman–Crippen MR) is 75.4 cm³/mol. The van der Waals surface area contributed by atoms with Gasteiger partial charge in [0.25, 0.3) is 0 Å². The third kappa shape index (κ3) is 3.18. The van der Waals surface area contributed by atoms with E-state index in [0.29, 0.717) is 0 Å². The van der Waals surface area contributed by atoms with E-state index in [0.717, 1.165) is 11.4 Å². The smallest absolute Gasteiger partial charge is 0.166 e. The highest BCUT2D eigenvalue weighted by molar-refractivity contribution is 6.40. The van der Waals surface area contributed by atoms with E-state index in [2.05, 4.69) is 9.98 Å². The van der Waals surface area contributed by atoms with Crippen LogP contribution in [0.5, 0.6) is 0 Å². The van der Waals surface area contributed by atoms with Crippen molar-refractivity contribution in [2.24, 2.45) is 21.5 Å². The zero-order valence-corrected chi connectivity index (χ0v) is 9.82. The summed E-state index contributed by atoms with van der Waals surface area (Å²) < 4.78 is 0. The van der Waals surface area contributed by atoms with Crippen molar-refractivity contribution in [3.8, 4) is 0 Å². The van der Waals surface area contributed by atoms with E-state index in [4.69, 9.17) is 11.5 Å². The van der Waals surface area contributed by atoms with Crippen molar-refractivity contribution in [1.29, 1.82) is 0 Å². The minimum atomic E-state index is 0.213. The summed E-state index contributed by atoms with van der Waals surface area (Å²) in [5, 5.41) is 0. The van der Waals surface area contributed by atoms with E-state index in [1.54, 1.807) is 0 Å². The first kappa shape index (κ1) is 11.9. The fourth-order valence-electron chi connectivity index (χ4n) is 1.40. The van der Waals surface area contributed by atoms with Gasteiger partial charge in [-0.2, -0.15) is 0 Å². The maximum absolute atomic E-state index is 5.79. The van der Waals surface area contributed by atoms with Gasteiger partial charge in [0.1, 0.15) is 0 Å². The lowest BCUT2D eigenvalue weighted by atomic mass is 10.3. The van der Waals surface area contributed by atoms with Gasteiger partial charge < -0.3 is 11.5 Å². The summed E-state index contributed by atoms with van der Waals surface area (Å²) in [6.07, 6.45) is 0. The zero-order chi connectivity index (χ0) is 12.8. The van der Waals surface area contributed by atoms with Crippen LogP contribution in [-0.2, 0) is 0 Å². The Balaban J connectivity index is 2.21.